The standard InChI is InChI=1S/C6H10O2.C5H13N/c1-3-5-8-6(7)4-2;1-4-5-6(2)3/h4H,2-3,5H2,1H3;4-5H2,1-3H3. The third-order valence-electron chi connectivity index (χ3n) is 1.29. The van der Waals surface area contributed by atoms with E-state index in [1.165, 1.54) is 13.0 Å². The summed E-state index contributed by atoms with van der Waals surface area (Å²) >= 11 is 0. The minimum atomic E-state index is -0.341. The van der Waals surface area contributed by atoms with Crippen LogP contribution in [0, 0.1) is 0 Å². The van der Waals surface area contributed by atoms with E-state index in [0.29, 0.717) is 6.61 Å². The van der Waals surface area contributed by atoms with E-state index in [1.807, 2.05) is 6.92 Å². The summed E-state index contributed by atoms with van der Waals surface area (Å²) in [7, 11) is 4.17. The average molecular weight is 201 g/mol. The maximum absolute atomic E-state index is 10.2. The van der Waals surface area contributed by atoms with Crippen molar-refractivity contribution in [2.24, 2.45) is 0 Å². The maximum Gasteiger partial charge on any atom is 0.330 e. The molecule has 84 valence electrons. The van der Waals surface area contributed by atoms with Gasteiger partial charge in [0.15, 0.2) is 0 Å². The highest BCUT2D eigenvalue weighted by molar-refractivity contribution is 5.81. The van der Waals surface area contributed by atoms with Crippen molar-refractivity contribution in [3.05, 3.63) is 12.7 Å². The lowest BCUT2D eigenvalue weighted by molar-refractivity contribution is -0.137. The molecule has 0 radical (unpaired) electrons. The van der Waals surface area contributed by atoms with Gasteiger partial charge in [0, 0.05) is 6.08 Å². The fourth-order valence-electron chi connectivity index (χ4n) is 0.709. The average Bonchev–Trinajstić information content (AvgIpc) is 2.15. The lowest BCUT2D eigenvalue weighted by Crippen LogP contribution is -2.11. The third kappa shape index (κ3) is 17.3. The van der Waals surface area contributed by atoms with E-state index in [2.05, 4.69) is 37.2 Å². The molecule has 0 rings (SSSR count). The minimum Gasteiger partial charge on any atom is -0.463 e. The number of nitrogens with zero attached hydrogens (tertiary/aromatic N) is 1. The highest BCUT2D eigenvalue weighted by Crippen LogP contribution is 1.81. The Kier molecular flexibility index (Phi) is 13.6. The molecule has 0 bridgehead atoms. The summed E-state index contributed by atoms with van der Waals surface area (Å²) in [6.45, 7) is 9.06. The molecule has 0 atom stereocenters. The Morgan fingerprint density at radius 3 is 2.14 bits per heavy atom. The van der Waals surface area contributed by atoms with Gasteiger partial charge >= 0.3 is 5.97 Å². The first-order valence-corrected chi connectivity index (χ1v) is 5.02. The van der Waals surface area contributed by atoms with Crippen LogP contribution in [0.1, 0.15) is 26.7 Å². The third-order valence-corrected chi connectivity index (χ3v) is 1.29. The molecule has 3 heteroatoms. The first-order valence-electron chi connectivity index (χ1n) is 5.02. The first-order chi connectivity index (χ1) is 6.58. The summed E-state index contributed by atoms with van der Waals surface area (Å²) in [6, 6.07) is 0. The number of hydrogen-bond acceptors (Lipinski definition) is 3. The predicted molar refractivity (Wildman–Crippen MR) is 60.3 cm³/mol. The molecule has 0 aliphatic rings. The number of carbonyl (C=O) groups excluding carboxylic acids is 1. The van der Waals surface area contributed by atoms with E-state index in [-0.39, 0.29) is 5.97 Å². The Hall–Kier alpha value is -0.830. The van der Waals surface area contributed by atoms with Crippen molar-refractivity contribution in [1.29, 1.82) is 0 Å². The molecule has 14 heavy (non-hydrogen) atoms. The Bertz CT molecular complexity index is 144. The monoisotopic (exact) mass is 201 g/mol. The second kappa shape index (κ2) is 12.2. The Balaban J connectivity index is 0. The van der Waals surface area contributed by atoms with Crippen LogP contribution in [0.5, 0.6) is 0 Å². The van der Waals surface area contributed by atoms with Crippen LogP contribution < -0.4 is 0 Å². The molecule has 0 unspecified atom stereocenters. The Morgan fingerprint density at radius 2 is 1.93 bits per heavy atom. The summed E-state index contributed by atoms with van der Waals surface area (Å²) in [6.07, 6.45) is 3.28. The van der Waals surface area contributed by atoms with Gasteiger partial charge < -0.3 is 9.64 Å². The lowest BCUT2D eigenvalue weighted by atomic mass is 10.5. The van der Waals surface area contributed by atoms with Crippen molar-refractivity contribution < 1.29 is 9.53 Å². The van der Waals surface area contributed by atoms with Gasteiger partial charge in [0.1, 0.15) is 0 Å². The van der Waals surface area contributed by atoms with E-state index < -0.39 is 0 Å². The molecule has 0 aromatic carbocycles. The van der Waals surface area contributed by atoms with Crippen LogP contribution >= 0.6 is 0 Å². The van der Waals surface area contributed by atoms with Gasteiger partial charge in [-0.1, -0.05) is 20.4 Å². The largest absolute Gasteiger partial charge is 0.463 e. The summed E-state index contributed by atoms with van der Waals surface area (Å²) in [5.41, 5.74) is 0. The van der Waals surface area contributed by atoms with Crippen LogP contribution in [-0.2, 0) is 9.53 Å². The van der Waals surface area contributed by atoms with Crippen LogP contribution in [-0.4, -0.2) is 38.1 Å². The smallest absolute Gasteiger partial charge is 0.330 e. The Morgan fingerprint density at radius 1 is 1.36 bits per heavy atom. The molecule has 0 heterocycles. The van der Waals surface area contributed by atoms with E-state index in [9.17, 15) is 4.79 Å². The van der Waals surface area contributed by atoms with Crippen molar-refractivity contribution in [2.75, 3.05) is 27.2 Å². The number of carbonyl (C=O) groups is 1. The molecule has 0 amide bonds. The number of ether oxygens (including phenoxy) is 1. The quantitative estimate of drug-likeness (QED) is 0.504. The van der Waals surface area contributed by atoms with Gasteiger partial charge in [-0.05, 0) is 33.5 Å². The highest BCUT2D eigenvalue weighted by atomic mass is 16.5. The van der Waals surface area contributed by atoms with Crippen molar-refractivity contribution in [2.45, 2.75) is 26.7 Å². The molecule has 0 aromatic heterocycles. The zero-order chi connectivity index (χ0) is 11.4. The number of rotatable bonds is 5. The van der Waals surface area contributed by atoms with Crippen molar-refractivity contribution in [3.63, 3.8) is 0 Å². The first kappa shape index (κ1) is 15.6. The van der Waals surface area contributed by atoms with E-state index in [4.69, 9.17) is 0 Å². The van der Waals surface area contributed by atoms with Crippen LogP contribution in [0.2, 0.25) is 0 Å². The van der Waals surface area contributed by atoms with Crippen LogP contribution in [0.4, 0.5) is 0 Å². The van der Waals surface area contributed by atoms with Gasteiger partial charge in [0.25, 0.3) is 0 Å². The summed E-state index contributed by atoms with van der Waals surface area (Å²) in [4.78, 5) is 12.4. The molecule has 0 aromatic rings. The molecule has 0 saturated carbocycles. The topological polar surface area (TPSA) is 29.5 Å². The van der Waals surface area contributed by atoms with Gasteiger partial charge in [-0.15, -0.1) is 0 Å². The molecule has 0 aliphatic heterocycles. The van der Waals surface area contributed by atoms with E-state index in [1.54, 1.807) is 0 Å². The second-order valence-electron chi connectivity index (χ2n) is 3.17. The van der Waals surface area contributed by atoms with Crippen LogP contribution in [0.3, 0.4) is 0 Å². The molecule has 0 aliphatic carbocycles. The summed E-state index contributed by atoms with van der Waals surface area (Å²) in [5, 5.41) is 0. The molecular formula is C11H23NO2. The normalized spacial score (nSPS) is 8.93. The van der Waals surface area contributed by atoms with E-state index >= 15 is 0 Å². The summed E-state index contributed by atoms with van der Waals surface area (Å²) in [5.74, 6) is -0.341. The van der Waals surface area contributed by atoms with E-state index in [0.717, 1.165) is 12.5 Å². The molecule has 3 nitrogen and oxygen atoms in total. The fraction of sp³-hybridized carbons (Fsp3) is 0.727. The van der Waals surface area contributed by atoms with Crippen molar-refractivity contribution in [3.8, 4) is 0 Å². The SMILES string of the molecule is C=CC(=O)OCCC.CCCN(C)C. The zero-order valence-electron chi connectivity index (χ0n) is 9.88. The maximum atomic E-state index is 10.2. The fourth-order valence-corrected chi connectivity index (χ4v) is 0.709. The molecule has 0 N–H and O–H groups in total. The van der Waals surface area contributed by atoms with Crippen LogP contribution in [0.25, 0.3) is 0 Å². The van der Waals surface area contributed by atoms with Gasteiger partial charge in [-0.3, -0.25) is 0 Å². The molecule has 0 fully saturated rings. The number of hydrogen-bond donors (Lipinski definition) is 0. The van der Waals surface area contributed by atoms with Gasteiger partial charge in [0.2, 0.25) is 0 Å². The lowest BCUT2D eigenvalue weighted by Gasteiger charge is -2.03. The zero-order valence-corrected chi connectivity index (χ0v) is 9.88. The summed E-state index contributed by atoms with van der Waals surface area (Å²) < 4.78 is 4.58. The second-order valence-corrected chi connectivity index (χ2v) is 3.17. The molecule has 0 spiro atoms. The highest BCUT2D eigenvalue weighted by Gasteiger charge is 1.89. The van der Waals surface area contributed by atoms with Crippen molar-refractivity contribution >= 4 is 5.97 Å². The van der Waals surface area contributed by atoms with Gasteiger partial charge in [-0.2, -0.15) is 0 Å². The predicted octanol–water partition coefficient (Wildman–Crippen LogP) is 2.08. The number of esters is 1. The molecular weight excluding hydrogens is 178 g/mol. The minimum absolute atomic E-state index is 0.341. The van der Waals surface area contributed by atoms with Crippen molar-refractivity contribution in [1.82, 2.24) is 4.90 Å². The molecule has 0 saturated heterocycles. The van der Waals surface area contributed by atoms with Gasteiger partial charge in [-0.25, -0.2) is 4.79 Å². The van der Waals surface area contributed by atoms with Crippen LogP contribution in [0.15, 0.2) is 12.7 Å². The Labute approximate surface area is 87.7 Å². The van der Waals surface area contributed by atoms with Gasteiger partial charge in [0.05, 0.1) is 6.61 Å².